The minimum absolute atomic E-state index is 0.646. The van der Waals surface area contributed by atoms with Crippen LogP contribution in [-0.2, 0) is 12.3 Å². The van der Waals surface area contributed by atoms with E-state index in [1.165, 1.54) is 80.0 Å². The van der Waals surface area contributed by atoms with Gasteiger partial charge in [-0.25, -0.2) is 0 Å². The quantitative estimate of drug-likeness (QED) is 0.332. The van der Waals surface area contributed by atoms with Crippen molar-refractivity contribution in [3.63, 3.8) is 0 Å². The van der Waals surface area contributed by atoms with E-state index in [9.17, 15) is 0 Å². The van der Waals surface area contributed by atoms with E-state index >= 15 is 0 Å². The summed E-state index contributed by atoms with van der Waals surface area (Å²) in [5, 5.41) is 0. The predicted octanol–water partition coefficient (Wildman–Crippen LogP) is 6.73. The molecule has 0 aliphatic rings. The number of hydrogen-bond donors (Lipinski definition) is 0. The van der Waals surface area contributed by atoms with Gasteiger partial charge < -0.3 is 0 Å². The maximum Gasteiger partial charge on any atom is 0.0476 e. The number of unbranched alkanes of at least 4 members (excludes halogenated alkanes) is 7. The second-order valence-electron chi connectivity index (χ2n) is 6.00. The molecule has 0 N–H and O–H groups in total. The molecule has 0 nitrogen and oxygen atoms in total. The maximum atomic E-state index is 6.07. The van der Waals surface area contributed by atoms with Gasteiger partial charge in [0.25, 0.3) is 0 Å². The minimum Gasteiger partial charge on any atom is -0.122 e. The third kappa shape index (κ3) is 5.87. The summed E-state index contributed by atoms with van der Waals surface area (Å²) in [5.74, 6) is 0.646. The summed E-state index contributed by atoms with van der Waals surface area (Å²) in [5.41, 5.74) is 5.68. The van der Waals surface area contributed by atoms with Crippen molar-refractivity contribution in [1.82, 2.24) is 0 Å². The van der Waals surface area contributed by atoms with Crippen LogP contribution in [0.5, 0.6) is 0 Å². The number of halogens is 1. The van der Waals surface area contributed by atoms with Crippen LogP contribution in [0.15, 0.2) is 12.1 Å². The van der Waals surface area contributed by atoms with Crippen molar-refractivity contribution in [2.24, 2.45) is 0 Å². The molecule has 1 aromatic carbocycles. The van der Waals surface area contributed by atoms with E-state index in [4.69, 9.17) is 11.6 Å². The molecule has 0 aliphatic carbocycles. The van der Waals surface area contributed by atoms with Crippen molar-refractivity contribution in [2.45, 2.75) is 84.4 Å². The molecule has 114 valence electrons. The van der Waals surface area contributed by atoms with Gasteiger partial charge in [-0.15, -0.1) is 11.6 Å². The molecule has 0 saturated heterocycles. The van der Waals surface area contributed by atoms with E-state index in [1.54, 1.807) is 0 Å². The highest BCUT2D eigenvalue weighted by atomic mass is 35.5. The SMILES string of the molecule is CCCCCCCCCCc1c(CCl)ccc(C)c1C. The fourth-order valence-corrected chi connectivity index (χ4v) is 3.09. The highest BCUT2D eigenvalue weighted by Gasteiger charge is 2.07. The van der Waals surface area contributed by atoms with Crippen LogP contribution in [0.1, 0.15) is 80.5 Å². The molecule has 0 saturated carbocycles. The average molecular weight is 295 g/mol. The lowest BCUT2D eigenvalue weighted by molar-refractivity contribution is 0.575. The summed E-state index contributed by atoms with van der Waals surface area (Å²) in [7, 11) is 0. The van der Waals surface area contributed by atoms with E-state index in [1.807, 2.05) is 0 Å². The molecular weight excluding hydrogens is 264 g/mol. The lowest BCUT2D eigenvalue weighted by atomic mass is 9.94. The third-order valence-corrected chi connectivity index (χ3v) is 4.68. The van der Waals surface area contributed by atoms with Gasteiger partial charge in [-0.1, -0.05) is 64.0 Å². The molecule has 0 aromatic heterocycles. The Bertz CT molecular complexity index is 382. The fourth-order valence-electron chi connectivity index (χ4n) is 2.84. The Balaban J connectivity index is 2.30. The molecule has 1 aromatic rings. The van der Waals surface area contributed by atoms with Crippen LogP contribution < -0.4 is 0 Å². The van der Waals surface area contributed by atoms with Crippen molar-refractivity contribution >= 4 is 11.6 Å². The van der Waals surface area contributed by atoms with Gasteiger partial charge in [0, 0.05) is 5.88 Å². The van der Waals surface area contributed by atoms with Gasteiger partial charge in [0.15, 0.2) is 0 Å². The summed E-state index contributed by atoms with van der Waals surface area (Å²) in [4.78, 5) is 0. The highest BCUT2D eigenvalue weighted by Crippen LogP contribution is 2.22. The summed E-state index contributed by atoms with van der Waals surface area (Å²) >= 11 is 6.07. The molecule has 0 atom stereocenters. The molecular formula is C19H31Cl. The Morgan fingerprint density at radius 3 is 2.05 bits per heavy atom. The average Bonchev–Trinajstić information content (AvgIpc) is 2.46. The van der Waals surface area contributed by atoms with Crippen molar-refractivity contribution in [3.8, 4) is 0 Å². The summed E-state index contributed by atoms with van der Waals surface area (Å²) in [6.45, 7) is 6.72. The second-order valence-corrected chi connectivity index (χ2v) is 6.27. The van der Waals surface area contributed by atoms with Crippen LogP contribution in [0, 0.1) is 13.8 Å². The van der Waals surface area contributed by atoms with E-state index < -0.39 is 0 Å². The molecule has 1 heteroatoms. The number of hydrogen-bond acceptors (Lipinski definition) is 0. The van der Waals surface area contributed by atoms with Crippen molar-refractivity contribution in [2.75, 3.05) is 0 Å². The zero-order chi connectivity index (χ0) is 14.8. The van der Waals surface area contributed by atoms with Crippen molar-refractivity contribution in [1.29, 1.82) is 0 Å². The fraction of sp³-hybridized carbons (Fsp3) is 0.684. The van der Waals surface area contributed by atoms with Crippen LogP contribution in [0.2, 0.25) is 0 Å². The highest BCUT2D eigenvalue weighted by molar-refractivity contribution is 6.17. The van der Waals surface area contributed by atoms with Gasteiger partial charge in [0.2, 0.25) is 0 Å². The second kappa shape index (κ2) is 10.3. The molecule has 0 aliphatic heterocycles. The molecule has 0 radical (unpaired) electrons. The molecule has 0 amide bonds. The molecule has 0 unspecified atom stereocenters. The van der Waals surface area contributed by atoms with Crippen LogP contribution in [-0.4, -0.2) is 0 Å². The monoisotopic (exact) mass is 294 g/mol. The standard InChI is InChI=1S/C19H31Cl/c1-4-5-6-7-8-9-10-11-12-19-17(3)16(2)13-14-18(19)15-20/h13-14H,4-12,15H2,1-3H3. The Morgan fingerprint density at radius 1 is 0.850 bits per heavy atom. The van der Waals surface area contributed by atoms with E-state index in [2.05, 4.69) is 32.9 Å². The Kier molecular flexibility index (Phi) is 9.02. The number of aryl methyl sites for hydroxylation is 1. The smallest absolute Gasteiger partial charge is 0.0476 e. The lowest BCUT2D eigenvalue weighted by Gasteiger charge is -2.13. The van der Waals surface area contributed by atoms with E-state index in [-0.39, 0.29) is 0 Å². The first-order chi connectivity index (χ1) is 9.70. The normalized spacial score (nSPS) is 11.0. The van der Waals surface area contributed by atoms with Crippen LogP contribution >= 0.6 is 11.6 Å². The molecule has 0 bridgehead atoms. The van der Waals surface area contributed by atoms with Crippen molar-refractivity contribution in [3.05, 3.63) is 34.4 Å². The summed E-state index contributed by atoms with van der Waals surface area (Å²) in [6.07, 6.45) is 12.3. The zero-order valence-electron chi connectivity index (χ0n) is 13.6. The number of rotatable bonds is 10. The molecule has 1 rings (SSSR count). The van der Waals surface area contributed by atoms with Gasteiger partial charge in [-0.2, -0.15) is 0 Å². The van der Waals surface area contributed by atoms with E-state index in [0.29, 0.717) is 5.88 Å². The van der Waals surface area contributed by atoms with E-state index in [0.717, 1.165) is 0 Å². The molecule has 0 spiro atoms. The first-order valence-corrected chi connectivity index (χ1v) is 8.88. The van der Waals surface area contributed by atoms with Crippen LogP contribution in [0.3, 0.4) is 0 Å². The minimum atomic E-state index is 0.646. The lowest BCUT2D eigenvalue weighted by Crippen LogP contribution is -1.98. The number of alkyl halides is 1. The summed E-state index contributed by atoms with van der Waals surface area (Å²) < 4.78 is 0. The molecule has 20 heavy (non-hydrogen) atoms. The van der Waals surface area contributed by atoms with Gasteiger partial charge in [-0.3, -0.25) is 0 Å². The number of benzene rings is 1. The van der Waals surface area contributed by atoms with Gasteiger partial charge in [-0.05, 0) is 48.9 Å². The maximum absolute atomic E-state index is 6.07. The molecule has 0 fully saturated rings. The Hall–Kier alpha value is -0.490. The van der Waals surface area contributed by atoms with Crippen LogP contribution in [0.25, 0.3) is 0 Å². The van der Waals surface area contributed by atoms with Gasteiger partial charge in [0.1, 0.15) is 0 Å². The Labute approximate surface area is 130 Å². The Morgan fingerprint density at radius 2 is 1.45 bits per heavy atom. The summed E-state index contributed by atoms with van der Waals surface area (Å²) in [6, 6.07) is 4.40. The third-order valence-electron chi connectivity index (χ3n) is 4.39. The first kappa shape index (κ1) is 17.6. The van der Waals surface area contributed by atoms with Crippen LogP contribution in [0.4, 0.5) is 0 Å². The predicted molar refractivity (Wildman–Crippen MR) is 91.8 cm³/mol. The zero-order valence-corrected chi connectivity index (χ0v) is 14.4. The molecule has 0 heterocycles. The topological polar surface area (TPSA) is 0 Å². The van der Waals surface area contributed by atoms with Crippen molar-refractivity contribution < 1.29 is 0 Å². The van der Waals surface area contributed by atoms with Gasteiger partial charge >= 0.3 is 0 Å². The largest absolute Gasteiger partial charge is 0.122 e. The first-order valence-electron chi connectivity index (χ1n) is 8.34. The van der Waals surface area contributed by atoms with Gasteiger partial charge in [0.05, 0.1) is 0 Å².